The first-order chi connectivity index (χ1) is 20.3. The summed E-state index contributed by atoms with van der Waals surface area (Å²) in [5.74, 6) is -0.321. The number of carbonyl (C=O) groups excluding carboxylic acids is 1. The van der Waals surface area contributed by atoms with E-state index in [0.29, 0.717) is 16.9 Å². The molecule has 9 nitrogen and oxygen atoms in total. The Morgan fingerprint density at radius 3 is 2.50 bits per heavy atom. The third-order valence-corrected chi connectivity index (χ3v) is 7.95. The summed E-state index contributed by atoms with van der Waals surface area (Å²) in [6, 6.07) is 18.5. The van der Waals surface area contributed by atoms with Gasteiger partial charge in [-0.25, -0.2) is 9.18 Å². The topological polar surface area (TPSA) is 91.7 Å². The first kappa shape index (κ1) is 27.2. The molecule has 6 rings (SSSR count). The van der Waals surface area contributed by atoms with E-state index in [4.69, 9.17) is 4.74 Å². The molecule has 1 aliphatic rings. The van der Waals surface area contributed by atoms with Crippen LogP contribution < -0.4 is 10.5 Å². The number of ether oxygens (including phenoxy) is 1. The first-order valence-corrected chi connectivity index (χ1v) is 13.7. The minimum atomic E-state index is -0.750. The maximum atomic E-state index is 14.1. The molecule has 5 aromatic rings. The van der Waals surface area contributed by atoms with Gasteiger partial charge in [-0.3, -0.25) is 9.55 Å². The van der Waals surface area contributed by atoms with Crippen LogP contribution in [0.1, 0.15) is 11.1 Å². The summed E-state index contributed by atoms with van der Waals surface area (Å²) in [5, 5.41) is 11.0. The molecule has 0 atom stereocenters. The largest absolute Gasteiger partial charge is 0.451 e. The van der Waals surface area contributed by atoms with Gasteiger partial charge in [0.15, 0.2) is 0 Å². The number of rotatable bonds is 3. The van der Waals surface area contributed by atoms with Crippen LogP contribution in [0.3, 0.4) is 0 Å². The average Bonchev–Trinajstić information content (AvgIpc) is 3.28. The van der Waals surface area contributed by atoms with Gasteiger partial charge in [0.05, 0.1) is 46.8 Å². The van der Waals surface area contributed by atoms with Crippen LogP contribution in [0.4, 0.5) is 14.9 Å². The lowest BCUT2D eigenvalue weighted by molar-refractivity contribution is 0.181. The number of amides is 1. The number of fused-ring (bicyclic) bond motifs is 3. The van der Waals surface area contributed by atoms with Crippen molar-refractivity contribution in [3.05, 3.63) is 83.4 Å². The van der Waals surface area contributed by atoms with Gasteiger partial charge in [0.25, 0.3) is 0 Å². The van der Waals surface area contributed by atoms with Crippen molar-refractivity contribution in [2.75, 3.05) is 45.2 Å². The summed E-state index contributed by atoms with van der Waals surface area (Å²) in [6.07, 6.45) is 0.991. The Hall–Kier alpha value is -5.01. The van der Waals surface area contributed by atoms with Crippen LogP contribution in [-0.2, 0) is 11.8 Å². The number of pyridine rings is 1. The standard InChI is InChI=1S/C32H30FN7O2/c1-20-14-28(39-12-10-37(2)11-13-39)23(18-34)17-27(20)40-30-25-16-22(21-6-5-7-24(33)15-21)8-9-26(25)35-19-29(30)38(3)31(40)36-32(41)42-4/h5-9,14-17,19H,10-13H2,1-4H3. The van der Waals surface area contributed by atoms with Crippen LogP contribution in [0.15, 0.2) is 65.8 Å². The number of imidazole rings is 1. The highest BCUT2D eigenvalue weighted by Crippen LogP contribution is 2.33. The molecule has 3 heterocycles. The zero-order chi connectivity index (χ0) is 29.5. The minimum absolute atomic E-state index is 0.321. The Bertz CT molecular complexity index is 1980. The van der Waals surface area contributed by atoms with Gasteiger partial charge in [0, 0.05) is 38.6 Å². The second-order valence-electron chi connectivity index (χ2n) is 10.6. The van der Waals surface area contributed by atoms with Gasteiger partial charge in [-0.15, -0.1) is 4.99 Å². The molecule has 0 radical (unpaired) electrons. The quantitative estimate of drug-likeness (QED) is 0.309. The number of anilines is 1. The molecule has 3 aromatic carbocycles. The van der Waals surface area contributed by atoms with Crippen LogP contribution in [0.2, 0.25) is 0 Å². The van der Waals surface area contributed by atoms with Crippen molar-refractivity contribution >= 4 is 33.7 Å². The third-order valence-electron chi connectivity index (χ3n) is 7.95. The SMILES string of the molecule is COC(=O)N=c1n(C)c2cnc3ccc(-c4cccc(F)c4)cc3c2n1-c1cc(C#N)c(N2CCN(C)CC2)cc1C. The summed E-state index contributed by atoms with van der Waals surface area (Å²) >= 11 is 0. The number of aromatic nitrogens is 3. The predicted molar refractivity (Wildman–Crippen MR) is 160 cm³/mol. The molecule has 0 spiro atoms. The molecular weight excluding hydrogens is 533 g/mol. The number of nitriles is 1. The van der Waals surface area contributed by atoms with Gasteiger partial charge >= 0.3 is 6.09 Å². The molecule has 1 saturated heterocycles. The molecular formula is C32H30FN7O2. The number of methoxy groups -OCH3 is 1. The summed E-state index contributed by atoms with van der Waals surface area (Å²) in [7, 11) is 5.19. The normalized spacial score (nSPS) is 14.5. The van der Waals surface area contributed by atoms with E-state index < -0.39 is 6.09 Å². The molecule has 10 heteroatoms. The molecule has 1 aliphatic heterocycles. The Balaban J connectivity index is 1.67. The molecule has 42 heavy (non-hydrogen) atoms. The number of hydrogen-bond acceptors (Lipinski definition) is 6. The number of likely N-dealkylation sites (N-methyl/N-ethyl adjacent to an activating group) is 1. The van der Waals surface area contributed by atoms with Crippen molar-refractivity contribution in [2.45, 2.75) is 6.92 Å². The second kappa shape index (κ2) is 10.8. The van der Waals surface area contributed by atoms with Gasteiger partial charge < -0.3 is 19.1 Å². The number of nitrogens with zero attached hydrogens (tertiary/aromatic N) is 7. The monoisotopic (exact) mass is 563 g/mol. The number of benzene rings is 3. The van der Waals surface area contributed by atoms with Crippen molar-refractivity contribution in [2.24, 2.45) is 12.0 Å². The minimum Gasteiger partial charge on any atom is -0.451 e. The summed E-state index contributed by atoms with van der Waals surface area (Å²) < 4.78 is 22.7. The van der Waals surface area contributed by atoms with E-state index in [1.165, 1.54) is 19.2 Å². The molecule has 2 aromatic heterocycles. The zero-order valence-electron chi connectivity index (χ0n) is 23.9. The smallest absolute Gasteiger partial charge is 0.436 e. The second-order valence-corrected chi connectivity index (χ2v) is 10.6. The number of piperazine rings is 1. The Kier molecular flexibility index (Phi) is 6.96. The Morgan fingerprint density at radius 1 is 1.02 bits per heavy atom. The van der Waals surface area contributed by atoms with Crippen LogP contribution in [0.5, 0.6) is 0 Å². The van der Waals surface area contributed by atoms with Crippen LogP contribution >= 0.6 is 0 Å². The fraction of sp³-hybridized carbons (Fsp3) is 0.250. The Morgan fingerprint density at radius 2 is 1.79 bits per heavy atom. The van der Waals surface area contributed by atoms with Crippen LogP contribution in [0.25, 0.3) is 38.8 Å². The molecule has 0 unspecified atom stereocenters. The van der Waals surface area contributed by atoms with Crippen molar-refractivity contribution in [1.82, 2.24) is 19.0 Å². The lowest BCUT2D eigenvalue weighted by Crippen LogP contribution is -2.44. The van der Waals surface area contributed by atoms with Gasteiger partial charge in [-0.05, 0) is 67.1 Å². The van der Waals surface area contributed by atoms with Crippen LogP contribution in [0, 0.1) is 24.1 Å². The van der Waals surface area contributed by atoms with Gasteiger partial charge in [0.2, 0.25) is 5.62 Å². The summed E-state index contributed by atoms with van der Waals surface area (Å²) in [5.41, 5.74) is 7.11. The number of aryl methyl sites for hydroxylation is 2. The molecule has 0 saturated carbocycles. The van der Waals surface area contributed by atoms with Gasteiger partial charge in [0.1, 0.15) is 11.9 Å². The van der Waals surface area contributed by atoms with E-state index in [9.17, 15) is 14.4 Å². The lowest BCUT2D eigenvalue weighted by Gasteiger charge is -2.34. The maximum Gasteiger partial charge on any atom is 0.436 e. The fourth-order valence-corrected chi connectivity index (χ4v) is 5.66. The number of hydrogen-bond donors (Lipinski definition) is 0. The van der Waals surface area contributed by atoms with E-state index in [-0.39, 0.29) is 5.82 Å². The highest BCUT2D eigenvalue weighted by molar-refractivity contribution is 6.04. The van der Waals surface area contributed by atoms with Gasteiger partial charge in [-0.2, -0.15) is 5.26 Å². The maximum absolute atomic E-state index is 14.1. The number of halogens is 1. The predicted octanol–water partition coefficient (Wildman–Crippen LogP) is 4.92. The van der Waals surface area contributed by atoms with Crippen molar-refractivity contribution < 1.29 is 13.9 Å². The molecule has 1 fully saturated rings. The van der Waals surface area contributed by atoms with Crippen molar-refractivity contribution in [3.8, 4) is 22.9 Å². The first-order valence-electron chi connectivity index (χ1n) is 13.7. The van der Waals surface area contributed by atoms with Crippen molar-refractivity contribution in [1.29, 1.82) is 5.26 Å². The Labute approximate surface area is 242 Å². The van der Waals surface area contributed by atoms with E-state index >= 15 is 0 Å². The fourth-order valence-electron chi connectivity index (χ4n) is 5.66. The van der Waals surface area contributed by atoms with Crippen molar-refractivity contribution in [3.63, 3.8) is 0 Å². The highest BCUT2D eigenvalue weighted by Gasteiger charge is 2.22. The molecule has 212 valence electrons. The van der Waals surface area contributed by atoms with E-state index in [1.807, 2.05) is 54.9 Å². The molecule has 1 amide bonds. The van der Waals surface area contributed by atoms with Gasteiger partial charge in [-0.1, -0.05) is 18.2 Å². The van der Waals surface area contributed by atoms with Crippen LogP contribution in [-0.4, -0.2) is 65.4 Å². The highest BCUT2D eigenvalue weighted by atomic mass is 19.1. The molecule has 0 N–H and O–H groups in total. The third kappa shape index (κ3) is 4.67. The number of carbonyl (C=O) groups is 1. The van der Waals surface area contributed by atoms with E-state index in [2.05, 4.69) is 32.9 Å². The molecule has 0 bridgehead atoms. The summed E-state index contributed by atoms with van der Waals surface area (Å²) in [6.45, 7) is 5.48. The average molecular weight is 564 g/mol. The van der Waals surface area contributed by atoms with E-state index in [0.717, 1.165) is 70.5 Å². The summed E-state index contributed by atoms with van der Waals surface area (Å²) in [4.78, 5) is 26.0. The van der Waals surface area contributed by atoms with E-state index in [1.54, 1.807) is 16.8 Å². The zero-order valence-corrected chi connectivity index (χ0v) is 23.9. The molecule has 0 aliphatic carbocycles. The lowest BCUT2D eigenvalue weighted by atomic mass is 10.0.